The second kappa shape index (κ2) is 6.82. The van der Waals surface area contributed by atoms with Gasteiger partial charge in [-0.05, 0) is 36.8 Å². The van der Waals surface area contributed by atoms with Crippen molar-refractivity contribution in [2.24, 2.45) is 4.36 Å². The van der Waals surface area contributed by atoms with Crippen molar-refractivity contribution in [3.05, 3.63) is 29.8 Å². The van der Waals surface area contributed by atoms with E-state index in [1.54, 1.807) is 7.05 Å². The van der Waals surface area contributed by atoms with Crippen molar-refractivity contribution in [2.45, 2.75) is 50.3 Å². The van der Waals surface area contributed by atoms with Gasteiger partial charge in [0.05, 0.1) is 4.90 Å². The Bertz CT molecular complexity index is 609. The van der Waals surface area contributed by atoms with E-state index in [2.05, 4.69) is 47.5 Å². The third-order valence-electron chi connectivity index (χ3n) is 4.27. The molecule has 0 saturated carbocycles. The molecule has 0 aliphatic carbocycles. The van der Waals surface area contributed by atoms with Gasteiger partial charge in [-0.2, -0.15) is 0 Å². The van der Waals surface area contributed by atoms with Gasteiger partial charge in [-0.3, -0.25) is 0 Å². The van der Waals surface area contributed by atoms with Gasteiger partial charge in [-0.25, -0.2) is 13.0 Å². The van der Waals surface area contributed by atoms with Gasteiger partial charge in [0.2, 0.25) is 0 Å². The molecule has 1 aromatic carbocycles. The van der Waals surface area contributed by atoms with E-state index in [0.717, 1.165) is 11.4 Å². The first-order chi connectivity index (χ1) is 9.91. The van der Waals surface area contributed by atoms with E-state index < -0.39 is 18.2 Å². The molecule has 0 amide bonds. The van der Waals surface area contributed by atoms with Gasteiger partial charge >= 0.3 is 0 Å². The lowest BCUT2D eigenvalue weighted by Gasteiger charge is -2.38. The van der Waals surface area contributed by atoms with Crippen LogP contribution >= 0.6 is 0 Å². The van der Waals surface area contributed by atoms with Gasteiger partial charge in [-0.1, -0.05) is 46.0 Å². The highest BCUT2D eigenvalue weighted by Crippen LogP contribution is 2.35. The molecule has 1 aromatic rings. The van der Waals surface area contributed by atoms with Gasteiger partial charge in [0.15, 0.2) is 0 Å². The smallest absolute Gasteiger partial charge is 0.140 e. The lowest BCUT2D eigenvalue weighted by molar-refractivity contribution is 0.402. The van der Waals surface area contributed by atoms with Crippen molar-refractivity contribution < 1.29 is 4.21 Å². The van der Waals surface area contributed by atoms with Gasteiger partial charge in [0.1, 0.15) is 18.2 Å². The third-order valence-corrected chi connectivity index (χ3v) is 12.6. The molecule has 0 fully saturated rings. The summed E-state index contributed by atoms with van der Waals surface area (Å²) in [6, 6.07) is 7.95. The van der Waals surface area contributed by atoms with Crippen LogP contribution in [-0.4, -0.2) is 38.5 Å². The molecule has 0 saturated heterocycles. The van der Waals surface area contributed by atoms with Crippen LogP contribution in [-0.2, 0) is 16.5 Å². The molecule has 1 N–H and O–H groups in total. The predicted octanol–water partition coefficient (Wildman–Crippen LogP) is 3.71. The number of benzene rings is 1. The SMILES string of the molecule is CN=S(=O)(N[Si](C)(C)C(C)(C)C)c1ccc(CN(C)C)cc1. The zero-order chi connectivity index (χ0) is 17.2. The lowest BCUT2D eigenvalue weighted by Crippen LogP contribution is -2.54. The Kier molecular flexibility index (Phi) is 6.00. The van der Waals surface area contributed by atoms with E-state index in [9.17, 15) is 4.21 Å². The maximum absolute atomic E-state index is 13.3. The summed E-state index contributed by atoms with van der Waals surface area (Å²) >= 11 is 0. The van der Waals surface area contributed by atoms with Gasteiger partial charge < -0.3 is 4.90 Å². The van der Waals surface area contributed by atoms with Crippen molar-refractivity contribution in [3.8, 4) is 0 Å². The average Bonchev–Trinajstić information content (AvgIpc) is 2.36. The van der Waals surface area contributed by atoms with Crippen molar-refractivity contribution in [1.29, 1.82) is 0 Å². The summed E-state index contributed by atoms with van der Waals surface area (Å²) in [7, 11) is 1.23. The van der Waals surface area contributed by atoms with Gasteiger partial charge in [0, 0.05) is 13.6 Å². The molecule has 1 atom stereocenters. The molecule has 1 unspecified atom stereocenters. The minimum Gasteiger partial charge on any atom is -0.305 e. The number of rotatable bonds is 5. The standard InChI is InChI=1S/C16H31N3OSSi/c1-16(2,3)22(7,8)18-21(20,17-4)15-11-9-14(10-12-15)13-19(5)6/h9-12H,13H2,1-8H3,(H,17,18,20). The number of nitrogens with one attached hydrogen (secondary N) is 1. The zero-order valence-corrected chi connectivity index (χ0v) is 17.0. The Hall–Kier alpha value is -0.693. The van der Waals surface area contributed by atoms with Crippen molar-refractivity contribution in [1.82, 2.24) is 9.29 Å². The van der Waals surface area contributed by atoms with Crippen LogP contribution in [0.2, 0.25) is 18.1 Å². The van der Waals surface area contributed by atoms with E-state index in [4.69, 9.17) is 0 Å². The summed E-state index contributed by atoms with van der Waals surface area (Å²) < 4.78 is 20.9. The Balaban J connectivity index is 3.13. The van der Waals surface area contributed by atoms with Crippen molar-refractivity contribution in [2.75, 3.05) is 21.1 Å². The van der Waals surface area contributed by atoms with Crippen LogP contribution in [0.1, 0.15) is 26.3 Å². The number of hydrogen-bond acceptors (Lipinski definition) is 3. The first kappa shape index (κ1) is 19.4. The zero-order valence-electron chi connectivity index (χ0n) is 15.2. The van der Waals surface area contributed by atoms with E-state index in [1.165, 1.54) is 5.56 Å². The average molecular weight is 342 g/mol. The van der Waals surface area contributed by atoms with Crippen LogP contribution < -0.4 is 4.39 Å². The third kappa shape index (κ3) is 4.65. The lowest BCUT2D eigenvalue weighted by atomic mass is 10.2. The Labute approximate surface area is 137 Å². The minimum atomic E-state index is -2.57. The number of hydrogen-bond donors (Lipinski definition) is 1. The summed E-state index contributed by atoms with van der Waals surface area (Å²) in [5.74, 6) is 0. The van der Waals surface area contributed by atoms with Crippen LogP contribution in [0.3, 0.4) is 0 Å². The van der Waals surface area contributed by atoms with E-state index in [1.807, 2.05) is 38.4 Å². The fourth-order valence-electron chi connectivity index (χ4n) is 1.85. The van der Waals surface area contributed by atoms with Crippen molar-refractivity contribution >= 4 is 18.2 Å². The summed E-state index contributed by atoms with van der Waals surface area (Å²) in [4.78, 5) is 2.88. The molecule has 1 rings (SSSR count). The van der Waals surface area contributed by atoms with Crippen LogP contribution in [0.15, 0.2) is 33.5 Å². The predicted molar refractivity (Wildman–Crippen MR) is 98.9 cm³/mol. The molecule has 22 heavy (non-hydrogen) atoms. The molecule has 126 valence electrons. The minimum absolute atomic E-state index is 0.102. The van der Waals surface area contributed by atoms with Gasteiger partial charge in [0.25, 0.3) is 0 Å². The number of nitrogens with zero attached hydrogens (tertiary/aromatic N) is 2. The molecular weight excluding hydrogens is 310 g/mol. The van der Waals surface area contributed by atoms with E-state index >= 15 is 0 Å². The van der Waals surface area contributed by atoms with Crippen LogP contribution in [0.5, 0.6) is 0 Å². The molecule has 0 aromatic heterocycles. The topological polar surface area (TPSA) is 44.7 Å². The van der Waals surface area contributed by atoms with Gasteiger partial charge in [-0.15, -0.1) is 0 Å². The van der Waals surface area contributed by atoms with Crippen LogP contribution in [0, 0.1) is 0 Å². The molecule has 0 radical (unpaired) electrons. The summed E-state index contributed by atoms with van der Waals surface area (Å²) in [6.07, 6.45) is 0. The Morgan fingerprint density at radius 2 is 1.68 bits per heavy atom. The molecular formula is C16H31N3OSSi. The maximum Gasteiger partial charge on any atom is 0.140 e. The fourth-order valence-corrected chi connectivity index (χ4v) is 7.40. The molecule has 0 heterocycles. The fraction of sp³-hybridized carbons (Fsp3) is 0.625. The molecule has 0 aliphatic rings. The quantitative estimate of drug-likeness (QED) is 0.830. The van der Waals surface area contributed by atoms with E-state index in [-0.39, 0.29) is 5.04 Å². The highest BCUT2D eigenvalue weighted by molar-refractivity contribution is 7.93. The molecule has 6 heteroatoms. The Morgan fingerprint density at radius 3 is 2.05 bits per heavy atom. The second-order valence-corrected chi connectivity index (χ2v) is 15.0. The molecule has 0 aliphatic heterocycles. The highest BCUT2D eigenvalue weighted by atomic mass is 32.2. The first-order valence-electron chi connectivity index (χ1n) is 7.59. The molecule has 0 bridgehead atoms. The first-order valence-corrected chi connectivity index (χ1v) is 12.1. The molecule has 4 nitrogen and oxygen atoms in total. The van der Waals surface area contributed by atoms with Crippen molar-refractivity contribution in [3.63, 3.8) is 0 Å². The summed E-state index contributed by atoms with van der Waals surface area (Å²) in [6.45, 7) is 11.9. The molecule has 0 spiro atoms. The van der Waals surface area contributed by atoms with E-state index in [0.29, 0.717) is 0 Å². The monoisotopic (exact) mass is 341 g/mol. The highest BCUT2D eigenvalue weighted by Gasteiger charge is 2.38. The normalized spacial score (nSPS) is 15.7. The van der Waals surface area contributed by atoms with Crippen LogP contribution in [0.25, 0.3) is 0 Å². The second-order valence-electron chi connectivity index (χ2n) is 7.57. The Morgan fingerprint density at radius 1 is 1.18 bits per heavy atom. The van der Waals surface area contributed by atoms with Crippen LogP contribution in [0.4, 0.5) is 0 Å². The largest absolute Gasteiger partial charge is 0.305 e. The summed E-state index contributed by atoms with van der Waals surface area (Å²) in [5.41, 5.74) is 1.21. The maximum atomic E-state index is 13.3. The summed E-state index contributed by atoms with van der Waals surface area (Å²) in [5, 5.41) is 0.102.